The molecule has 13 heavy (non-hydrogen) atoms. The van der Waals surface area contributed by atoms with Gasteiger partial charge in [-0.1, -0.05) is 6.07 Å². The minimum atomic E-state index is -0.228. The fourth-order valence-corrected chi connectivity index (χ4v) is 1.47. The third-order valence-electron chi connectivity index (χ3n) is 2.48. The van der Waals surface area contributed by atoms with Crippen molar-refractivity contribution in [2.75, 3.05) is 13.1 Å². The molecule has 0 unspecified atom stereocenters. The maximum absolute atomic E-state index is 11.8. The van der Waals surface area contributed by atoms with Gasteiger partial charge in [0, 0.05) is 19.3 Å². The molecule has 0 bridgehead atoms. The highest BCUT2D eigenvalue weighted by Crippen LogP contribution is 2.25. The molecule has 3 heteroatoms. The second-order valence-electron chi connectivity index (χ2n) is 3.71. The van der Waals surface area contributed by atoms with Crippen LogP contribution < -0.4 is 5.32 Å². The maximum atomic E-state index is 11.8. The van der Waals surface area contributed by atoms with Crippen LogP contribution in [0.5, 0.6) is 0 Å². The van der Waals surface area contributed by atoms with Gasteiger partial charge in [0.15, 0.2) is 5.78 Å². The van der Waals surface area contributed by atoms with E-state index >= 15 is 0 Å². The van der Waals surface area contributed by atoms with Gasteiger partial charge in [-0.2, -0.15) is 0 Å². The smallest absolute Gasteiger partial charge is 0.189 e. The first-order chi connectivity index (χ1) is 6.22. The lowest BCUT2D eigenvalue weighted by Crippen LogP contribution is -2.56. The molecule has 1 aromatic heterocycles. The van der Waals surface area contributed by atoms with E-state index in [1.54, 1.807) is 12.3 Å². The highest BCUT2D eigenvalue weighted by molar-refractivity contribution is 5.99. The largest absolute Gasteiger partial charge is 0.315 e. The molecule has 0 radical (unpaired) electrons. The summed E-state index contributed by atoms with van der Waals surface area (Å²) in [5.74, 6) is 0.145. The Morgan fingerprint density at radius 3 is 2.77 bits per heavy atom. The SMILES string of the molecule is CC1(C(=O)c2ccccn2)CNC1. The highest BCUT2D eigenvalue weighted by atomic mass is 16.1. The zero-order chi connectivity index (χ0) is 9.31. The van der Waals surface area contributed by atoms with Gasteiger partial charge in [0.05, 0.1) is 5.41 Å². The molecule has 1 aromatic rings. The number of rotatable bonds is 2. The summed E-state index contributed by atoms with van der Waals surface area (Å²) in [6.45, 7) is 3.51. The van der Waals surface area contributed by atoms with Crippen LogP contribution in [-0.2, 0) is 0 Å². The van der Waals surface area contributed by atoms with Crippen LogP contribution in [0.4, 0.5) is 0 Å². The number of nitrogens with one attached hydrogen (secondary N) is 1. The van der Waals surface area contributed by atoms with E-state index in [4.69, 9.17) is 0 Å². The van der Waals surface area contributed by atoms with Crippen LogP contribution in [0.25, 0.3) is 0 Å². The Hall–Kier alpha value is -1.22. The molecule has 0 aliphatic carbocycles. The van der Waals surface area contributed by atoms with Crippen molar-refractivity contribution in [1.82, 2.24) is 10.3 Å². The lowest BCUT2D eigenvalue weighted by molar-refractivity contribution is 0.0716. The summed E-state index contributed by atoms with van der Waals surface area (Å²) < 4.78 is 0. The number of nitrogens with zero attached hydrogens (tertiary/aromatic N) is 1. The molecule has 0 spiro atoms. The molecule has 1 N–H and O–H groups in total. The van der Waals surface area contributed by atoms with Crippen molar-refractivity contribution >= 4 is 5.78 Å². The van der Waals surface area contributed by atoms with E-state index < -0.39 is 0 Å². The number of carbonyl (C=O) groups is 1. The van der Waals surface area contributed by atoms with E-state index in [0.29, 0.717) is 5.69 Å². The van der Waals surface area contributed by atoms with Crippen LogP contribution in [0.3, 0.4) is 0 Å². The van der Waals surface area contributed by atoms with Gasteiger partial charge >= 0.3 is 0 Å². The Balaban J connectivity index is 2.23. The Bertz CT molecular complexity index is 317. The Morgan fingerprint density at radius 1 is 1.54 bits per heavy atom. The van der Waals surface area contributed by atoms with Crippen molar-refractivity contribution in [3.63, 3.8) is 0 Å². The summed E-state index contributed by atoms with van der Waals surface area (Å²) in [7, 11) is 0. The molecule has 0 aromatic carbocycles. The van der Waals surface area contributed by atoms with Crippen molar-refractivity contribution in [2.45, 2.75) is 6.92 Å². The van der Waals surface area contributed by atoms with Crippen molar-refractivity contribution in [2.24, 2.45) is 5.41 Å². The van der Waals surface area contributed by atoms with E-state index in [9.17, 15) is 4.79 Å². The van der Waals surface area contributed by atoms with Crippen LogP contribution in [0.15, 0.2) is 24.4 Å². The first kappa shape index (κ1) is 8.38. The highest BCUT2D eigenvalue weighted by Gasteiger charge is 2.40. The summed E-state index contributed by atoms with van der Waals surface area (Å²) in [6.07, 6.45) is 1.66. The molecule has 1 fully saturated rings. The van der Waals surface area contributed by atoms with Gasteiger partial charge in [-0.05, 0) is 19.1 Å². The minimum Gasteiger partial charge on any atom is -0.315 e. The Labute approximate surface area is 77.2 Å². The van der Waals surface area contributed by atoms with Crippen molar-refractivity contribution in [3.8, 4) is 0 Å². The van der Waals surface area contributed by atoms with Crippen molar-refractivity contribution < 1.29 is 4.79 Å². The number of aromatic nitrogens is 1. The third kappa shape index (κ3) is 1.35. The van der Waals surface area contributed by atoms with E-state index in [1.807, 2.05) is 19.1 Å². The molecule has 0 atom stereocenters. The van der Waals surface area contributed by atoms with Crippen molar-refractivity contribution in [3.05, 3.63) is 30.1 Å². The molecule has 1 aliphatic rings. The molecule has 1 aliphatic heterocycles. The zero-order valence-electron chi connectivity index (χ0n) is 7.58. The Kier molecular flexibility index (Phi) is 1.88. The maximum Gasteiger partial charge on any atom is 0.189 e. The summed E-state index contributed by atoms with van der Waals surface area (Å²) >= 11 is 0. The van der Waals surface area contributed by atoms with E-state index in [2.05, 4.69) is 10.3 Å². The lowest BCUT2D eigenvalue weighted by Gasteiger charge is -2.37. The van der Waals surface area contributed by atoms with Gasteiger partial charge in [0.25, 0.3) is 0 Å². The second kappa shape index (κ2) is 2.92. The van der Waals surface area contributed by atoms with Gasteiger partial charge in [0.1, 0.15) is 5.69 Å². The monoisotopic (exact) mass is 176 g/mol. The number of ketones is 1. The zero-order valence-corrected chi connectivity index (χ0v) is 7.58. The van der Waals surface area contributed by atoms with E-state index in [0.717, 1.165) is 13.1 Å². The Morgan fingerprint density at radius 2 is 2.31 bits per heavy atom. The molecular weight excluding hydrogens is 164 g/mol. The minimum absolute atomic E-state index is 0.145. The van der Waals surface area contributed by atoms with Crippen LogP contribution in [-0.4, -0.2) is 23.9 Å². The molecule has 0 saturated carbocycles. The van der Waals surface area contributed by atoms with Gasteiger partial charge in [-0.25, -0.2) is 0 Å². The average molecular weight is 176 g/mol. The normalized spacial score (nSPS) is 19.2. The number of hydrogen-bond donors (Lipinski definition) is 1. The molecule has 68 valence electrons. The van der Waals surface area contributed by atoms with Gasteiger partial charge in [-0.15, -0.1) is 0 Å². The fourth-order valence-electron chi connectivity index (χ4n) is 1.47. The first-order valence-electron chi connectivity index (χ1n) is 4.39. The topological polar surface area (TPSA) is 42.0 Å². The second-order valence-corrected chi connectivity index (χ2v) is 3.71. The molecular formula is C10H12N2O. The molecule has 2 heterocycles. The lowest BCUT2D eigenvalue weighted by atomic mass is 9.78. The van der Waals surface area contributed by atoms with Gasteiger partial charge in [-0.3, -0.25) is 9.78 Å². The number of hydrogen-bond acceptors (Lipinski definition) is 3. The van der Waals surface area contributed by atoms with Crippen LogP contribution in [0, 0.1) is 5.41 Å². The summed E-state index contributed by atoms with van der Waals surface area (Å²) in [6, 6.07) is 5.43. The van der Waals surface area contributed by atoms with Gasteiger partial charge < -0.3 is 5.32 Å². The molecule has 1 saturated heterocycles. The quantitative estimate of drug-likeness (QED) is 0.680. The standard InChI is InChI=1S/C10H12N2O/c1-10(6-11-7-10)9(13)8-4-2-3-5-12-8/h2-5,11H,6-7H2,1H3. The van der Waals surface area contributed by atoms with Crippen molar-refractivity contribution in [1.29, 1.82) is 0 Å². The predicted molar refractivity (Wildman–Crippen MR) is 49.5 cm³/mol. The number of Topliss-reactive ketones (excluding diaryl/α,β-unsaturated/α-hetero) is 1. The van der Waals surface area contributed by atoms with Crippen LogP contribution >= 0.6 is 0 Å². The molecule has 2 rings (SSSR count). The van der Waals surface area contributed by atoms with Gasteiger partial charge in [0.2, 0.25) is 0 Å². The number of carbonyl (C=O) groups excluding carboxylic acids is 1. The summed E-state index contributed by atoms with van der Waals surface area (Å²) in [4.78, 5) is 15.9. The third-order valence-corrected chi connectivity index (χ3v) is 2.48. The summed E-state index contributed by atoms with van der Waals surface area (Å²) in [5, 5.41) is 3.10. The molecule has 3 nitrogen and oxygen atoms in total. The molecule has 0 amide bonds. The number of pyridine rings is 1. The first-order valence-corrected chi connectivity index (χ1v) is 4.39. The fraction of sp³-hybridized carbons (Fsp3) is 0.400. The summed E-state index contributed by atoms with van der Waals surface area (Å²) in [5.41, 5.74) is 0.348. The predicted octanol–water partition coefficient (Wildman–Crippen LogP) is 0.874. The van der Waals surface area contributed by atoms with Crippen LogP contribution in [0.1, 0.15) is 17.4 Å². The average Bonchev–Trinajstić information content (AvgIpc) is 2.14. The van der Waals surface area contributed by atoms with E-state index in [1.165, 1.54) is 0 Å². The van der Waals surface area contributed by atoms with E-state index in [-0.39, 0.29) is 11.2 Å². The van der Waals surface area contributed by atoms with Crippen LogP contribution in [0.2, 0.25) is 0 Å².